The van der Waals surface area contributed by atoms with Gasteiger partial charge >= 0.3 is 0 Å². The first-order valence-electron chi connectivity index (χ1n) is 9.00. The predicted molar refractivity (Wildman–Crippen MR) is 115 cm³/mol. The number of likely N-dealkylation sites (N-methyl/N-ethyl adjacent to an activating group) is 1. The minimum absolute atomic E-state index is 0.0138. The van der Waals surface area contributed by atoms with Gasteiger partial charge < -0.3 is 10.2 Å². The van der Waals surface area contributed by atoms with Crippen molar-refractivity contribution in [3.63, 3.8) is 0 Å². The van der Waals surface area contributed by atoms with E-state index in [0.29, 0.717) is 25.3 Å². The van der Waals surface area contributed by atoms with E-state index in [1.807, 2.05) is 61.5 Å². The van der Waals surface area contributed by atoms with Gasteiger partial charge in [-0.05, 0) is 43.7 Å². The third-order valence-electron chi connectivity index (χ3n) is 4.11. The number of hydrogen-bond donors (Lipinski definition) is 1. The summed E-state index contributed by atoms with van der Waals surface area (Å²) >= 11 is 5.07. The first kappa shape index (κ1) is 21.5. The highest BCUT2D eigenvalue weighted by Gasteiger charge is 2.25. The van der Waals surface area contributed by atoms with E-state index in [2.05, 4.69) is 21.2 Å². The molecule has 0 bridgehead atoms. The number of rotatable bonds is 9. The van der Waals surface area contributed by atoms with E-state index in [9.17, 15) is 9.59 Å². The van der Waals surface area contributed by atoms with Gasteiger partial charge in [-0.25, -0.2) is 0 Å². The molecule has 0 radical (unpaired) electrons. The topological polar surface area (TPSA) is 49.4 Å². The van der Waals surface area contributed by atoms with E-state index in [1.54, 1.807) is 23.6 Å². The predicted octanol–water partition coefficient (Wildman–Crippen LogP) is 4.48. The highest BCUT2D eigenvalue weighted by atomic mass is 79.9. The Morgan fingerprint density at radius 1 is 1.11 bits per heavy atom. The fourth-order valence-corrected chi connectivity index (χ4v) is 3.73. The molecule has 2 aromatic carbocycles. The first-order valence-corrected chi connectivity index (χ1v) is 10.8. The molecule has 27 heavy (non-hydrogen) atoms. The molecule has 0 aromatic heterocycles. The fraction of sp³-hybridized carbons (Fsp3) is 0.333. The van der Waals surface area contributed by atoms with Crippen LogP contribution >= 0.6 is 27.7 Å². The number of carbonyl (C=O) groups excluding carboxylic acids is 2. The molecular formula is C21H25BrN2O2S. The van der Waals surface area contributed by atoms with Crippen molar-refractivity contribution in [1.82, 2.24) is 10.2 Å². The summed E-state index contributed by atoms with van der Waals surface area (Å²) in [5.74, 6) is 0.542. The SMILES string of the molecule is CCNC(=O)[C@@H](C)N(Cc1ccc(Br)cc1)C(=O)CCSc1ccccc1. The maximum atomic E-state index is 12.9. The van der Waals surface area contributed by atoms with E-state index in [0.717, 1.165) is 14.9 Å². The Morgan fingerprint density at radius 3 is 2.41 bits per heavy atom. The summed E-state index contributed by atoms with van der Waals surface area (Å²) < 4.78 is 0.986. The third-order valence-corrected chi connectivity index (χ3v) is 5.65. The zero-order chi connectivity index (χ0) is 19.6. The third kappa shape index (κ3) is 7.03. The molecule has 0 saturated carbocycles. The van der Waals surface area contributed by atoms with Gasteiger partial charge in [-0.3, -0.25) is 9.59 Å². The van der Waals surface area contributed by atoms with Crippen molar-refractivity contribution in [2.75, 3.05) is 12.3 Å². The van der Waals surface area contributed by atoms with Crippen LogP contribution in [-0.4, -0.2) is 35.1 Å². The van der Waals surface area contributed by atoms with Gasteiger partial charge in [0.25, 0.3) is 0 Å². The normalized spacial score (nSPS) is 11.7. The number of thioether (sulfide) groups is 1. The molecule has 4 nitrogen and oxygen atoms in total. The molecule has 144 valence electrons. The monoisotopic (exact) mass is 448 g/mol. The van der Waals surface area contributed by atoms with Crippen LogP contribution in [0.2, 0.25) is 0 Å². The average Bonchev–Trinajstić information content (AvgIpc) is 2.68. The summed E-state index contributed by atoms with van der Waals surface area (Å²) in [4.78, 5) is 28.0. The van der Waals surface area contributed by atoms with Crippen molar-refractivity contribution in [1.29, 1.82) is 0 Å². The van der Waals surface area contributed by atoms with Crippen molar-refractivity contribution < 1.29 is 9.59 Å². The molecule has 1 N–H and O–H groups in total. The molecule has 0 aliphatic carbocycles. The summed E-state index contributed by atoms with van der Waals surface area (Å²) in [6, 6.07) is 17.3. The van der Waals surface area contributed by atoms with Crippen molar-refractivity contribution in [2.24, 2.45) is 0 Å². The minimum Gasteiger partial charge on any atom is -0.355 e. The van der Waals surface area contributed by atoms with Crippen LogP contribution in [0.1, 0.15) is 25.8 Å². The van der Waals surface area contributed by atoms with E-state index >= 15 is 0 Å². The number of nitrogens with one attached hydrogen (secondary N) is 1. The van der Waals surface area contributed by atoms with Gasteiger partial charge in [-0.1, -0.05) is 46.3 Å². The largest absolute Gasteiger partial charge is 0.355 e. The molecule has 0 saturated heterocycles. The molecule has 2 aromatic rings. The van der Waals surface area contributed by atoms with Crippen LogP contribution in [0.5, 0.6) is 0 Å². The maximum Gasteiger partial charge on any atom is 0.242 e. The van der Waals surface area contributed by atoms with Crippen LogP contribution in [-0.2, 0) is 16.1 Å². The highest BCUT2D eigenvalue weighted by Crippen LogP contribution is 2.20. The molecule has 2 amide bonds. The number of carbonyl (C=O) groups is 2. The molecule has 0 spiro atoms. The molecule has 0 aliphatic heterocycles. The van der Waals surface area contributed by atoms with Crippen LogP contribution in [0.3, 0.4) is 0 Å². The summed E-state index contributed by atoms with van der Waals surface area (Å²) in [5, 5.41) is 2.81. The minimum atomic E-state index is -0.511. The lowest BCUT2D eigenvalue weighted by molar-refractivity contribution is -0.140. The fourth-order valence-electron chi connectivity index (χ4n) is 2.61. The average molecular weight is 449 g/mol. The van der Waals surface area contributed by atoms with Crippen LogP contribution in [0.15, 0.2) is 64.0 Å². The zero-order valence-electron chi connectivity index (χ0n) is 15.7. The Kier molecular flexibility index (Phi) is 8.88. The summed E-state index contributed by atoms with van der Waals surface area (Å²) in [5.41, 5.74) is 0.999. The number of halogens is 1. The van der Waals surface area contributed by atoms with Crippen LogP contribution in [0.25, 0.3) is 0 Å². The Hall–Kier alpha value is -1.79. The van der Waals surface area contributed by atoms with Crippen LogP contribution in [0, 0.1) is 0 Å². The van der Waals surface area contributed by atoms with E-state index in [-0.39, 0.29) is 11.8 Å². The lowest BCUT2D eigenvalue weighted by Crippen LogP contribution is -2.47. The Labute approximate surface area is 173 Å². The second-order valence-electron chi connectivity index (χ2n) is 6.13. The van der Waals surface area contributed by atoms with E-state index < -0.39 is 6.04 Å². The molecule has 1 atom stereocenters. The summed E-state index contributed by atoms with van der Waals surface area (Å²) in [6.45, 7) is 4.63. The van der Waals surface area contributed by atoms with Crippen molar-refractivity contribution >= 4 is 39.5 Å². The second-order valence-corrected chi connectivity index (χ2v) is 8.21. The number of benzene rings is 2. The first-order chi connectivity index (χ1) is 13.0. The molecule has 0 fully saturated rings. The number of hydrogen-bond acceptors (Lipinski definition) is 3. The second kappa shape index (κ2) is 11.1. The van der Waals surface area contributed by atoms with E-state index in [4.69, 9.17) is 0 Å². The summed E-state index contributed by atoms with van der Waals surface area (Å²) in [7, 11) is 0. The van der Waals surface area contributed by atoms with Crippen LogP contribution < -0.4 is 5.32 Å². The lowest BCUT2D eigenvalue weighted by atomic mass is 10.1. The molecule has 6 heteroatoms. The molecular weight excluding hydrogens is 424 g/mol. The Balaban J connectivity index is 2.03. The molecule has 0 heterocycles. The van der Waals surface area contributed by atoms with E-state index in [1.165, 1.54) is 0 Å². The quantitative estimate of drug-likeness (QED) is 0.575. The zero-order valence-corrected chi connectivity index (χ0v) is 18.1. The van der Waals surface area contributed by atoms with Gasteiger partial charge in [0.15, 0.2) is 0 Å². The highest BCUT2D eigenvalue weighted by molar-refractivity contribution is 9.10. The molecule has 0 aliphatic rings. The van der Waals surface area contributed by atoms with Crippen molar-refractivity contribution in [3.8, 4) is 0 Å². The molecule has 2 rings (SSSR count). The van der Waals surface area contributed by atoms with Crippen molar-refractivity contribution in [3.05, 3.63) is 64.6 Å². The number of nitrogens with zero attached hydrogens (tertiary/aromatic N) is 1. The van der Waals surface area contributed by atoms with Gasteiger partial charge in [0.2, 0.25) is 11.8 Å². The van der Waals surface area contributed by atoms with Gasteiger partial charge in [-0.15, -0.1) is 11.8 Å². The molecule has 0 unspecified atom stereocenters. The summed E-state index contributed by atoms with van der Waals surface area (Å²) in [6.07, 6.45) is 0.389. The van der Waals surface area contributed by atoms with Gasteiger partial charge in [-0.2, -0.15) is 0 Å². The standard InChI is InChI=1S/C21H25BrN2O2S/c1-3-23-21(26)16(2)24(15-17-9-11-18(22)12-10-17)20(25)13-14-27-19-7-5-4-6-8-19/h4-12,16H,3,13-15H2,1-2H3,(H,23,26)/t16-/m1/s1. The van der Waals surface area contributed by atoms with Gasteiger partial charge in [0.1, 0.15) is 6.04 Å². The van der Waals surface area contributed by atoms with Crippen molar-refractivity contribution in [2.45, 2.75) is 37.8 Å². The van der Waals surface area contributed by atoms with Gasteiger partial charge in [0, 0.05) is 34.6 Å². The van der Waals surface area contributed by atoms with Gasteiger partial charge in [0.05, 0.1) is 0 Å². The maximum absolute atomic E-state index is 12.9. The Morgan fingerprint density at radius 2 is 1.78 bits per heavy atom. The Bertz CT molecular complexity index is 738. The number of amides is 2. The smallest absolute Gasteiger partial charge is 0.242 e. The van der Waals surface area contributed by atoms with Crippen LogP contribution in [0.4, 0.5) is 0 Å². The lowest BCUT2D eigenvalue weighted by Gasteiger charge is -2.28.